The predicted octanol–water partition coefficient (Wildman–Crippen LogP) is 3.91. The average Bonchev–Trinajstić information content (AvgIpc) is 3.08. The molecule has 0 unspecified atom stereocenters. The molecular weight excluding hydrogens is 363 g/mol. The van der Waals surface area contributed by atoms with E-state index in [2.05, 4.69) is 5.10 Å². The topological polar surface area (TPSA) is 87.0 Å². The first kappa shape index (κ1) is 15.6. The van der Waals surface area contributed by atoms with Crippen LogP contribution in [0.2, 0.25) is 15.1 Å². The lowest BCUT2D eigenvalue weighted by atomic mass is 10.3. The third-order valence-electron chi connectivity index (χ3n) is 3.16. The minimum absolute atomic E-state index is 0.118. The van der Waals surface area contributed by atoms with Gasteiger partial charge >= 0.3 is 0 Å². The molecule has 0 aliphatic carbocycles. The summed E-state index contributed by atoms with van der Waals surface area (Å²) in [5.74, 6) is -0.415. The lowest BCUT2D eigenvalue weighted by Crippen LogP contribution is -2.07. The second-order valence-corrected chi connectivity index (χ2v) is 5.65. The van der Waals surface area contributed by atoms with Gasteiger partial charge in [0.15, 0.2) is 17.6 Å². The lowest BCUT2D eigenvalue weighted by Gasteiger charge is -2.13. The van der Waals surface area contributed by atoms with E-state index in [9.17, 15) is 15.5 Å². The van der Waals surface area contributed by atoms with Gasteiger partial charge in [-0.15, -0.1) is 0 Å². The fourth-order valence-electron chi connectivity index (χ4n) is 2.12. The summed E-state index contributed by atoms with van der Waals surface area (Å²) in [5.41, 5.74) is 0.457. The second kappa shape index (κ2) is 5.70. The highest BCUT2D eigenvalue weighted by Crippen LogP contribution is 2.37. The molecule has 6 nitrogen and oxygen atoms in total. The van der Waals surface area contributed by atoms with Crippen LogP contribution in [0.15, 0.2) is 30.5 Å². The average molecular weight is 370 g/mol. The fraction of sp³-hybridized carbons (Fsp3) is 0. The molecule has 0 saturated heterocycles. The molecule has 1 aromatic carbocycles. The summed E-state index contributed by atoms with van der Waals surface area (Å²) >= 11 is 18.2. The van der Waals surface area contributed by atoms with Gasteiger partial charge in [-0.2, -0.15) is 10.4 Å². The maximum Gasteiger partial charge on any atom is 0.199 e. The molecule has 0 atom stereocenters. The third kappa shape index (κ3) is 2.39. The van der Waals surface area contributed by atoms with Crippen LogP contribution in [0.25, 0.3) is 11.5 Å². The first-order valence-corrected chi connectivity index (χ1v) is 7.31. The highest BCUT2D eigenvalue weighted by atomic mass is 35.5. The second-order valence-electron chi connectivity index (χ2n) is 4.49. The van der Waals surface area contributed by atoms with Crippen LogP contribution in [0.3, 0.4) is 0 Å². The summed E-state index contributed by atoms with van der Waals surface area (Å²) in [6.45, 7) is 0. The monoisotopic (exact) mass is 368 g/mol. The first-order valence-electron chi connectivity index (χ1n) is 6.17. The Hall–Kier alpha value is -2.33. The highest BCUT2D eigenvalue weighted by molar-refractivity contribution is 6.48. The molecule has 9 heteroatoms. The van der Waals surface area contributed by atoms with Gasteiger partial charge in [-0.3, -0.25) is 0 Å². The molecular formula is C14H7Cl3N4O2. The Morgan fingerprint density at radius 2 is 1.65 bits per heavy atom. The van der Waals surface area contributed by atoms with Crippen molar-refractivity contribution in [2.75, 3.05) is 0 Å². The number of hydrogen-bond acceptors (Lipinski definition) is 4. The molecule has 0 aliphatic heterocycles. The predicted molar refractivity (Wildman–Crippen MR) is 86.0 cm³/mol. The number of rotatable bonds is 2. The van der Waals surface area contributed by atoms with Crippen molar-refractivity contribution >= 4 is 34.8 Å². The Labute approximate surface area is 145 Å². The van der Waals surface area contributed by atoms with E-state index in [1.54, 1.807) is 6.07 Å². The molecule has 116 valence electrons. The number of nitriles is 1. The van der Waals surface area contributed by atoms with E-state index in [0.29, 0.717) is 5.69 Å². The van der Waals surface area contributed by atoms with Crippen molar-refractivity contribution in [2.24, 2.45) is 0 Å². The standard InChI is InChI=1S/C14H7Cl3N4O2/c15-8-1-2-9(13(17)12(8)16)21-14(7(5-18)6-19-21)20-10(22)3-4-11(20)23/h1-4,6,22-23H. The van der Waals surface area contributed by atoms with Crippen molar-refractivity contribution in [3.63, 3.8) is 0 Å². The Balaban J connectivity index is 2.34. The van der Waals surface area contributed by atoms with Gasteiger partial charge in [-0.05, 0) is 12.1 Å². The van der Waals surface area contributed by atoms with Gasteiger partial charge in [0.25, 0.3) is 0 Å². The Morgan fingerprint density at radius 3 is 2.26 bits per heavy atom. The van der Waals surface area contributed by atoms with Crippen molar-refractivity contribution in [3.05, 3.63) is 51.1 Å². The third-order valence-corrected chi connectivity index (χ3v) is 4.44. The molecule has 23 heavy (non-hydrogen) atoms. The first-order chi connectivity index (χ1) is 11.0. The van der Waals surface area contributed by atoms with Crippen LogP contribution in [-0.4, -0.2) is 24.6 Å². The zero-order chi connectivity index (χ0) is 16.7. The van der Waals surface area contributed by atoms with Crippen molar-refractivity contribution in [1.29, 1.82) is 5.26 Å². The van der Waals surface area contributed by atoms with Crippen LogP contribution in [-0.2, 0) is 0 Å². The lowest BCUT2D eigenvalue weighted by molar-refractivity contribution is 0.399. The Kier molecular flexibility index (Phi) is 3.86. The molecule has 3 aromatic rings. The van der Waals surface area contributed by atoms with E-state index < -0.39 is 0 Å². The van der Waals surface area contributed by atoms with Crippen molar-refractivity contribution in [1.82, 2.24) is 14.3 Å². The zero-order valence-electron chi connectivity index (χ0n) is 11.2. The number of nitrogens with zero attached hydrogens (tertiary/aromatic N) is 4. The van der Waals surface area contributed by atoms with Gasteiger partial charge in [0.2, 0.25) is 0 Å². The number of halogens is 3. The Morgan fingerprint density at radius 1 is 1.00 bits per heavy atom. The summed E-state index contributed by atoms with van der Waals surface area (Å²) in [7, 11) is 0. The minimum Gasteiger partial charge on any atom is -0.494 e. The van der Waals surface area contributed by atoms with Crippen molar-refractivity contribution in [2.45, 2.75) is 0 Å². The van der Waals surface area contributed by atoms with E-state index >= 15 is 0 Å². The summed E-state index contributed by atoms with van der Waals surface area (Å²) in [6.07, 6.45) is 1.28. The van der Waals surface area contributed by atoms with Crippen LogP contribution in [0.5, 0.6) is 11.8 Å². The summed E-state index contributed by atoms with van der Waals surface area (Å²) in [6, 6.07) is 7.60. The molecule has 0 aliphatic rings. The van der Waals surface area contributed by atoms with Gasteiger partial charge in [0.05, 0.1) is 27.0 Å². The molecule has 0 amide bonds. The van der Waals surface area contributed by atoms with Crippen LogP contribution in [0.1, 0.15) is 5.56 Å². The molecule has 0 fully saturated rings. The van der Waals surface area contributed by atoms with Gasteiger partial charge in [0, 0.05) is 12.1 Å². The number of hydrogen-bond donors (Lipinski definition) is 2. The number of benzene rings is 1. The van der Waals surface area contributed by atoms with Gasteiger partial charge < -0.3 is 10.2 Å². The SMILES string of the molecule is N#Cc1cnn(-c2ccc(Cl)c(Cl)c2Cl)c1-n1c(O)ccc1O. The molecule has 0 radical (unpaired) electrons. The molecule has 2 heterocycles. The smallest absolute Gasteiger partial charge is 0.199 e. The summed E-state index contributed by atoms with van der Waals surface area (Å²) < 4.78 is 2.34. The van der Waals surface area contributed by atoms with Crippen LogP contribution >= 0.6 is 34.8 Å². The van der Waals surface area contributed by atoms with E-state index in [1.807, 2.05) is 6.07 Å². The van der Waals surface area contributed by atoms with Crippen LogP contribution in [0.4, 0.5) is 0 Å². The molecule has 0 saturated carbocycles. The number of aromatic hydroxyl groups is 2. The fourth-order valence-corrected chi connectivity index (χ4v) is 2.73. The van der Waals surface area contributed by atoms with Crippen LogP contribution in [0, 0.1) is 11.3 Å². The Bertz CT molecular complexity index is 936. The van der Waals surface area contributed by atoms with Gasteiger partial charge in [-0.1, -0.05) is 34.8 Å². The molecule has 0 bridgehead atoms. The van der Waals surface area contributed by atoms with Gasteiger partial charge in [-0.25, -0.2) is 9.25 Å². The van der Waals surface area contributed by atoms with E-state index in [4.69, 9.17) is 34.8 Å². The maximum atomic E-state index is 9.93. The van der Waals surface area contributed by atoms with Crippen LogP contribution < -0.4 is 0 Å². The molecule has 0 spiro atoms. The highest BCUT2D eigenvalue weighted by Gasteiger charge is 2.22. The summed E-state index contributed by atoms with van der Waals surface area (Å²) in [5, 5.41) is 33.7. The maximum absolute atomic E-state index is 9.93. The molecule has 2 N–H and O–H groups in total. The van der Waals surface area contributed by atoms with Crippen molar-refractivity contribution < 1.29 is 10.2 Å². The largest absolute Gasteiger partial charge is 0.494 e. The van der Waals surface area contributed by atoms with Gasteiger partial charge in [0.1, 0.15) is 11.6 Å². The normalized spacial score (nSPS) is 10.7. The zero-order valence-corrected chi connectivity index (χ0v) is 13.5. The molecule has 2 aromatic heterocycles. The molecule has 3 rings (SSSR count). The number of aromatic nitrogens is 3. The minimum atomic E-state index is -0.267. The van der Waals surface area contributed by atoms with Crippen molar-refractivity contribution in [3.8, 4) is 29.3 Å². The van der Waals surface area contributed by atoms with E-state index in [-0.39, 0.29) is 38.2 Å². The summed E-state index contributed by atoms with van der Waals surface area (Å²) in [4.78, 5) is 0. The van der Waals surface area contributed by atoms with E-state index in [1.165, 1.54) is 29.1 Å². The quantitative estimate of drug-likeness (QED) is 0.671. The van der Waals surface area contributed by atoms with E-state index in [0.717, 1.165) is 4.57 Å².